The molecular weight excluding hydrogens is 372 g/mol. The molecule has 3 aromatic heterocycles. The summed E-state index contributed by atoms with van der Waals surface area (Å²) in [5.74, 6) is -0.660. The highest BCUT2D eigenvalue weighted by atomic mass is 32.1. The molecule has 0 fully saturated rings. The van der Waals surface area contributed by atoms with Crippen molar-refractivity contribution in [2.75, 3.05) is 13.1 Å². The average molecular weight is 390 g/mol. The van der Waals surface area contributed by atoms with Crippen molar-refractivity contribution in [3.05, 3.63) is 39.6 Å². The van der Waals surface area contributed by atoms with E-state index in [0.29, 0.717) is 16.8 Å². The molecule has 0 unspecified atom stereocenters. The summed E-state index contributed by atoms with van der Waals surface area (Å²) in [6.45, 7) is 2.23. The van der Waals surface area contributed by atoms with Crippen molar-refractivity contribution >= 4 is 44.7 Å². The fraction of sp³-hybridized carbons (Fsp3) is 0.294. The van der Waals surface area contributed by atoms with Gasteiger partial charge < -0.3 is 10.6 Å². The second kappa shape index (κ2) is 8.24. The van der Waals surface area contributed by atoms with Crippen LogP contribution in [0, 0.1) is 0 Å². The van der Waals surface area contributed by atoms with E-state index in [-0.39, 0.29) is 24.6 Å². The number of fused-ring (bicyclic) bond motifs is 1. The van der Waals surface area contributed by atoms with E-state index >= 15 is 0 Å². The molecule has 0 aliphatic carbocycles. The van der Waals surface area contributed by atoms with Crippen molar-refractivity contribution in [3.8, 4) is 10.4 Å². The molecule has 0 aromatic carbocycles. The van der Waals surface area contributed by atoms with E-state index in [2.05, 4.69) is 15.6 Å². The van der Waals surface area contributed by atoms with Gasteiger partial charge in [-0.2, -0.15) is 0 Å². The molecule has 0 bridgehead atoms. The molecule has 0 atom stereocenters. The fourth-order valence-electron chi connectivity index (χ4n) is 2.41. The van der Waals surface area contributed by atoms with Gasteiger partial charge in [-0.15, -0.1) is 22.7 Å². The second-order valence-electron chi connectivity index (χ2n) is 5.61. The van der Waals surface area contributed by atoms with E-state index in [1.807, 2.05) is 29.8 Å². The molecule has 26 heavy (non-hydrogen) atoms. The summed E-state index contributed by atoms with van der Waals surface area (Å²) < 4.78 is 1.27. The van der Waals surface area contributed by atoms with E-state index in [1.165, 1.54) is 22.2 Å². The molecule has 2 amide bonds. The third-order valence-corrected chi connectivity index (χ3v) is 5.47. The van der Waals surface area contributed by atoms with Crippen LogP contribution in [0.1, 0.15) is 13.3 Å². The highest BCUT2D eigenvalue weighted by molar-refractivity contribution is 7.18. The number of aromatic nitrogens is 2. The molecule has 2 N–H and O–H groups in total. The van der Waals surface area contributed by atoms with Gasteiger partial charge in [0.1, 0.15) is 11.4 Å². The zero-order valence-electron chi connectivity index (χ0n) is 14.2. The van der Waals surface area contributed by atoms with Gasteiger partial charge in [0.05, 0.1) is 18.3 Å². The van der Waals surface area contributed by atoms with E-state index in [4.69, 9.17) is 0 Å². The van der Waals surface area contributed by atoms with Crippen LogP contribution in [-0.2, 0) is 16.1 Å². The summed E-state index contributed by atoms with van der Waals surface area (Å²) >= 11 is 2.95. The van der Waals surface area contributed by atoms with Crippen molar-refractivity contribution < 1.29 is 9.59 Å². The maximum atomic E-state index is 12.8. The largest absolute Gasteiger partial charge is 0.355 e. The highest BCUT2D eigenvalue weighted by Crippen LogP contribution is 2.33. The molecule has 3 aromatic rings. The zero-order chi connectivity index (χ0) is 18.5. The molecule has 3 rings (SSSR count). The number of rotatable bonds is 7. The zero-order valence-corrected chi connectivity index (χ0v) is 15.8. The van der Waals surface area contributed by atoms with Gasteiger partial charge in [0.2, 0.25) is 11.8 Å². The van der Waals surface area contributed by atoms with Crippen LogP contribution in [0.2, 0.25) is 0 Å². The molecule has 0 aliphatic rings. The molecule has 0 spiro atoms. The van der Waals surface area contributed by atoms with Crippen LogP contribution in [0.15, 0.2) is 34.0 Å². The highest BCUT2D eigenvalue weighted by Gasteiger charge is 2.15. The van der Waals surface area contributed by atoms with Crippen LogP contribution in [0.5, 0.6) is 0 Å². The first-order valence-electron chi connectivity index (χ1n) is 8.14. The number of nitrogens with zero attached hydrogens (tertiary/aromatic N) is 2. The number of carbonyl (C=O) groups is 2. The Labute approximate surface area is 157 Å². The van der Waals surface area contributed by atoms with Crippen molar-refractivity contribution in [3.63, 3.8) is 0 Å². The normalized spacial score (nSPS) is 10.8. The van der Waals surface area contributed by atoms with Crippen LogP contribution in [-0.4, -0.2) is 34.5 Å². The summed E-state index contributed by atoms with van der Waals surface area (Å²) in [5.41, 5.74) is 0.580. The summed E-state index contributed by atoms with van der Waals surface area (Å²) in [6.07, 6.45) is 2.20. The quantitative estimate of drug-likeness (QED) is 0.644. The predicted octanol–water partition coefficient (Wildman–Crippen LogP) is 1.83. The monoisotopic (exact) mass is 390 g/mol. The molecule has 0 saturated carbocycles. The van der Waals surface area contributed by atoms with Crippen LogP contribution >= 0.6 is 22.7 Å². The van der Waals surface area contributed by atoms with Gasteiger partial charge in [0.15, 0.2) is 0 Å². The molecular formula is C17H18N4O3S2. The van der Waals surface area contributed by atoms with Crippen molar-refractivity contribution in [2.45, 2.75) is 19.9 Å². The average Bonchev–Trinajstić information content (AvgIpc) is 3.29. The SMILES string of the molecule is CCCNC(=O)CNC(=O)Cn1cnc2scc(-c3cccs3)c2c1=O. The van der Waals surface area contributed by atoms with Gasteiger partial charge in [-0.25, -0.2) is 4.98 Å². The summed E-state index contributed by atoms with van der Waals surface area (Å²) in [4.78, 5) is 42.3. The lowest BCUT2D eigenvalue weighted by atomic mass is 10.2. The van der Waals surface area contributed by atoms with Crippen molar-refractivity contribution in [1.82, 2.24) is 20.2 Å². The topological polar surface area (TPSA) is 93.1 Å². The minimum absolute atomic E-state index is 0.109. The molecule has 9 heteroatoms. The number of amides is 2. The summed E-state index contributed by atoms with van der Waals surface area (Å²) in [5, 5.41) is 9.57. The van der Waals surface area contributed by atoms with E-state index < -0.39 is 5.91 Å². The Morgan fingerprint density at radius 1 is 1.23 bits per heavy atom. The molecule has 136 valence electrons. The lowest BCUT2D eigenvalue weighted by Crippen LogP contribution is -2.39. The maximum Gasteiger partial charge on any atom is 0.263 e. The van der Waals surface area contributed by atoms with Crippen molar-refractivity contribution in [1.29, 1.82) is 0 Å². The summed E-state index contributed by atoms with van der Waals surface area (Å²) in [6, 6.07) is 3.87. The fourth-order valence-corrected chi connectivity index (χ4v) is 4.13. The lowest BCUT2D eigenvalue weighted by Gasteiger charge is -2.08. The van der Waals surface area contributed by atoms with Gasteiger partial charge in [-0.1, -0.05) is 13.0 Å². The number of thiophene rings is 2. The standard InChI is InChI=1S/C17H18N4O3S2/c1-2-5-18-13(22)7-19-14(23)8-21-10-20-16-15(17(21)24)11(9-26-16)12-4-3-6-25-12/h3-4,6,9-10H,2,5,7-8H2,1H3,(H,18,22)(H,19,23). The Bertz CT molecular complexity index is 976. The first-order valence-corrected chi connectivity index (χ1v) is 9.90. The van der Waals surface area contributed by atoms with E-state index in [1.54, 1.807) is 11.3 Å². The Kier molecular flexibility index (Phi) is 5.79. The summed E-state index contributed by atoms with van der Waals surface area (Å²) in [7, 11) is 0. The first-order chi connectivity index (χ1) is 12.6. The number of hydrogen-bond acceptors (Lipinski definition) is 6. The van der Waals surface area contributed by atoms with E-state index in [0.717, 1.165) is 16.9 Å². The van der Waals surface area contributed by atoms with Crippen molar-refractivity contribution in [2.24, 2.45) is 0 Å². The minimum Gasteiger partial charge on any atom is -0.355 e. The molecule has 0 radical (unpaired) electrons. The van der Waals surface area contributed by atoms with Crippen LogP contribution < -0.4 is 16.2 Å². The van der Waals surface area contributed by atoms with Crippen LogP contribution in [0.25, 0.3) is 20.7 Å². The second-order valence-corrected chi connectivity index (χ2v) is 7.42. The Morgan fingerprint density at radius 3 is 2.81 bits per heavy atom. The predicted molar refractivity (Wildman–Crippen MR) is 104 cm³/mol. The van der Waals surface area contributed by atoms with Crippen LogP contribution in [0.4, 0.5) is 0 Å². The number of nitrogens with one attached hydrogen (secondary N) is 2. The third kappa shape index (κ3) is 4.00. The number of carbonyl (C=O) groups excluding carboxylic acids is 2. The first kappa shape index (κ1) is 18.3. The molecule has 7 nitrogen and oxygen atoms in total. The smallest absolute Gasteiger partial charge is 0.263 e. The van der Waals surface area contributed by atoms with Crippen LogP contribution in [0.3, 0.4) is 0 Å². The van der Waals surface area contributed by atoms with E-state index in [9.17, 15) is 14.4 Å². The minimum atomic E-state index is -0.409. The van der Waals surface area contributed by atoms with Gasteiger partial charge in [-0.05, 0) is 17.9 Å². The molecule has 0 saturated heterocycles. The van der Waals surface area contributed by atoms with Gasteiger partial charge in [0, 0.05) is 22.4 Å². The van der Waals surface area contributed by atoms with Gasteiger partial charge >= 0.3 is 0 Å². The third-order valence-electron chi connectivity index (χ3n) is 3.68. The van der Waals surface area contributed by atoms with Gasteiger partial charge in [0.25, 0.3) is 5.56 Å². The number of hydrogen-bond donors (Lipinski definition) is 2. The Morgan fingerprint density at radius 2 is 2.08 bits per heavy atom. The maximum absolute atomic E-state index is 12.8. The Balaban J connectivity index is 1.75. The molecule has 0 aliphatic heterocycles. The van der Waals surface area contributed by atoms with Gasteiger partial charge in [-0.3, -0.25) is 19.0 Å². The molecule has 3 heterocycles. The Hall–Kier alpha value is -2.52. The lowest BCUT2D eigenvalue weighted by molar-refractivity contribution is -0.126.